The number of ether oxygens (including phenoxy) is 3. The molecular formula is C30H28O3. The molecule has 3 nitrogen and oxygen atoms in total. The summed E-state index contributed by atoms with van der Waals surface area (Å²) in [7, 11) is 3.40. The van der Waals surface area contributed by atoms with Gasteiger partial charge in [-0.15, -0.1) is 0 Å². The summed E-state index contributed by atoms with van der Waals surface area (Å²) in [6.07, 6.45) is 9.25. The van der Waals surface area contributed by atoms with Crippen molar-refractivity contribution in [3.05, 3.63) is 106 Å². The van der Waals surface area contributed by atoms with Crippen LogP contribution in [0.25, 0.3) is 11.8 Å². The van der Waals surface area contributed by atoms with E-state index in [0.717, 1.165) is 47.6 Å². The van der Waals surface area contributed by atoms with Crippen molar-refractivity contribution in [1.29, 1.82) is 0 Å². The van der Waals surface area contributed by atoms with Gasteiger partial charge < -0.3 is 14.2 Å². The fourth-order valence-corrected chi connectivity index (χ4v) is 5.92. The highest BCUT2D eigenvalue weighted by Crippen LogP contribution is 2.59. The highest BCUT2D eigenvalue weighted by Gasteiger charge is 2.52. The van der Waals surface area contributed by atoms with Gasteiger partial charge in [-0.2, -0.15) is 0 Å². The minimum absolute atomic E-state index is 0.0171. The Morgan fingerprint density at radius 2 is 1.42 bits per heavy atom. The van der Waals surface area contributed by atoms with Gasteiger partial charge in [-0.3, -0.25) is 0 Å². The third-order valence-corrected chi connectivity index (χ3v) is 7.65. The summed E-state index contributed by atoms with van der Waals surface area (Å²) >= 11 is 0. The Hall–Kier alpha value is -3.46. The molecule has 166 valence electrons. The van der Waals surface area contributed by atoms with Crippen molar-refractivity contribution in [3.63, 3.8) is 0 Å². The molecule has 1 saturated carbocycles. The van der Waals surface area contributed by atoms with Gasteiger partial charge >= 0.3 is 0 Å². The first-order chi connectivity index (χ1) is 16.2. The molecule has 1 atom stereocenters. The molecule has 33 heavy (non-hydrogen) atoms. The average Bonchev–Trinajstić information content (AvgIpc) is 3.30. The van der Waals surface area contributed by atoms with Crippen molar-refractivity contribution >= 4 is 11.8 Å². The van der Waals surface area contributed by atoms with Crippen molar-refractivity contribution in [1.82, 2.24) is 0 Å². The number of fused-ring (bicyclic) bond motifs is 1. The molecule has 0 N–H and O–H groups in total. The van der Waals surface area contributed by atoms with E-state index < -0.39 is 5.60 Å². The predicted molar refractivity (Wildman–Crippen MR) is 130 cm³/mol. The molecule has 2 aliphatic carbocycles. The van der Waals surface area contributed by atoms with Gasteiger partial charge in [0.25, 0.3) is 0 Å². The van der Waals surface area contributed by atoms with Gasteiger partial charge in [-0.1, -0.05) is 60.2 Å². The standard InChI is InChI=1S/C30H28O3/c1-31-25-13-9-22(10-14-25)30(23-11-15-26(32-2)16-12-23)20-24-7-5-18-29(24)19-17-21-6-3-4-8-27(21)28(29)33-30/h3-4,6,8-17,20H,5,7,18-19H2,1-2H3. The minimum atomic E-state index is -0.707. The Balaban J connectivity index is 1.65. The van der Waals surface area contributed by atoms with Crippen LogP contribution in [0, 0.1) is 5.41 Å². The lowest BCUT2D eigenvalue weighted by Crippen LogP contribution is -2.46. The van der Waals surface area contributed by atoms with Crippen molar-refractivity contribution in [3.8, 4) is 11.5 Å². The fourth-order valence-electron chi connectivity index (χ4n) is 5.92. The first kappa shape index (κ1) is 20.2. The molecule has 0 amide bonds. The first-order valence-corrected chi connectivity index (χ1v) is 11.7. The van der Waals surface area contributed by atoms with E-state index in [9.17, 15) is 0 Å². The van der Waals surface area contributed by atoms with E-state index in [2.05, 4.69) is 60.7 Å². The summed E-state index contributed by atoms with van der Waals surface area (Å²) in [5.41, 5.74) is 2.97. The lowest BCUT2D eigenvalue weighted by Gasteiger charge is -2.46. The molecule has 3 heteroatoms. The number of hydrogen-bond acceptors (Lipinski definition) is 3. The number of rotatable bonds is 4. The van der Waals surface area contributed by atoms with Crippen LogP contribution in [0.2, 0.25) is 0 Å². The van der Waals surface area contributed by atoms with Gasteiger partial charge in [0.15, 0.2) is 5.60 Å². The van der Waals surface area contributed by atoms with E-state index in [-0.39, 0.29) is 5.41 Å². The Morgan fingerprint density at radius 3 is 2.06 bits per heavy atom. The lowest BCUT2D eigenvalue weighted by molar-refractivity contribution is 0.0789. The lowest BCUT2D eigenvalue weighted by atomic mass is 9.69. The maximum atomic E-state index is 7.27. The van der Waals surface area contributed by atoms with Crippen LogP contribution in [0.5, 0.6) is 11.5 Å². The maximum Gasteiger partial charge on any atom is 0.177 e. The average molecular weight is 437 g/mol. The molecule has 3 aromatic rings. The summed E-state index contributed by atoms with van der Waals surface area (Å²) in [4.78, 5) is 0. The van der Waals surface area contributed by atoms with E-state index in [1.807, 2.05) is 24.3 Å². The van der Waals surface area contributed by atoms with Crippen LogP contribution in [0.1, 0.15) is 36.8 Å². The molecule has 0 aromatic heterocycles. The van der Waals surface area contributed by atoms with Crippen LogP contribution >= 0.6 is 0 Å². The number of benzene rings is 3. The minimum Gasteiger partial charge on any atom is -0.497 e. The quantitative estimate of drug-likeness (QED) is 0.535. The van der Waals surface area contributed by atoms with Gasteiger partial charge in [0.05, 0.1) is 19.6 Å². The smallest absolute Gasteiger partial charge is 0.177 e. The first-order valence-electron chi connectivity index (χ1n) is 11.7. The predicted octanol–water partition coefficient (Wildman–Crippen LogP) is 5.07. The monoisotopic (exact) mass is 436 g/mol. The molecule has 1 spiro atoms. The highest BCUT2D eigenvalue weighted by atomic mass is 16.5. The Kier molecular flexibility index (Phi) is 4.62. The summed E-state index contributed by atoms with van der Waals surface area (Å²) in [6.45, 7) is 0. The molecule has 0 radical (unpaired) electrons. The summed E-state index contributed by atoms with van der Waals surface area (Å²) in [5.74, 6) is 2.81. The van der Waals surface area contributed by atoms with E-state index in [4.69, 9.17) is 14.2 Å². The van der Waals surface area contributed by atoms with Crippen molar-refractivity contribution in [2.24, 2.45) is 5.41 Å². The van der Waals surface area contributed by atoms with Gasteiger partial charge in [0.2, 0.25) is 0 Å². The Morgan fingerprint density at radius 1 is 0.788 bits per heavy atom. The zero-order valence-electron chi connectivity index (χ0n) is 19.1. The molecule has 1 aliphatic heterocycles. The molecule has 0 saturated heterocycles. The molecule has 1 unspecified atom stereocenters. The van der Waals surface area contributed by atoms with E-state index >= 15 is 0 Å². The zero-order valence-corrected chi connectivity index (χ0v) is 19.1. The third-order valence-electron chi connectivity index (χ3n) is 7.65. The molecule has 6 rings (SSSR count). The summed E-state index contributed by atoms with van der Waals surface area (Å²) in [5, 5.41) is 2.49. The topological polar surface area (TPSA) is 27.7 Å². The van der Waals surface area contributed by atoms with Gasteiger partial charge in [-0.05, 0) is 61.2 Å². The summed E-state index contributed by atoms with van der Waals surface area (Å²) in [6, 6.07) is 25.3. The van der Waals surface area contributed by atoms with Gasteiger partial charge in [0.1, 0.15) is 17.3 Å². The number of hydrogen-bond donors (Lipinski definition) is 0. The Labute approximate surface area is 194 Å². The number of methoxy groups -OCH3 is 2. The molecule has 3 aromatic carbocycles. The molecular weight excluding hydrogens is 408 g/mol. The fraction of sp³-hybridized carbons (Fsp3) is 0.267. The zero-order chi connectivity index (χ0) is 22.5. The second kappa shape index (κ2) is 7.55. The van der Waals surface area contributed by atoms with Crippen LogP contribution in [0.4, 0.5) is 0 Å². The SMILES string of the molecule is COc1ccc(C2(c3ccc(OC)cc3)C=C3CCCC34CC=c3ccccc3=C4O2)cc1. The van der Waals surface area contributed by atoms with E-state index in [1.54, 1.807) is 14.2 Å². The van der Waals surface area contributed by atoms with Gasteiger partial charge in [-0.25, -0.2) is 0 Å². The second-order valence-corrected chi connectivity index (χ2v) is 9.22. The van der Waals surface area contributed by atoms with Crippen LogP contribution in [0.3, 0.4) is 0 Å². The molecule has 1 fully saturated rings. The van der Waals surface area contributed by atoms with Crippen LogP contribution in [-0.4, -0.2) is 14.2 Å². The van der Waals surface area contributed by atoms with Crippen molar-refractivity contribution in [2.75, 3.05) is 14.2 Å². The van der Waals surface area contributed by atoms with Crippen molar-refractivity contribution in [2.45, 2.75) is 31.3 Å². The second-order valence-electron chi connectivity index (χ2n) is 9.22. The molecule has 3 aliphatic rings. The molecule has 1 heterocycles. The van der Waals surface area contributed by atoms with Crippen LogP contribution < -0.4 is 19.9 Å². The largest absolute Gasteiger partial charge is 0.497 e. The van der Waals surface area contributed by atoms with Crippen LogP contribution in [-0.2, 0) is 10.3 Å². The van der Waals surface area contributed by atoms with Crippen molar-refractivity contribution < 1.29 is 14.2 Å². The highest BCUT2D eigenvalue weighted by molar-refractivity contribution is 5.65. The third kappa shape index (κ3) is 2.95. The summed E-state index contributed by atoms with van der Waals surface area (Å²) < 4.78 is 18.2. The van der Waals surface area contributed by atoms with E-state index in [0.29, 0.717) is 0 Å². The maximum absolute atomic E-state index is 7.27. The van der Waals surface area contributed by atoms with Crippen LogP contribution in [0.15, 0.2) is 84.4 Å². The molecule has 0 bridgehead atoms. The van der Waals surface area contributed by atoms with Gasteiger partial charge in [0, 0.05) is 16.3 Å². The normalized spacial score (nSPS) is 22.1. The Bertz CT molecular complexity index is 1300. The van der Waals surface area contributed by atoms with E-state index in [1.165, 1.54) is 22.4 Å².